The highest BCUT2D eigenvalue weighted by molar-refractivity contribution is 6.05. The van der Waals surface area contributed by atoms with Gasteiger partial charge in [0.15, 0.2) is 0 Å². The van der Waals surface area contributed by atoms with E-state index in [0.717, 1.165) is 18.7 Å². The van der Waals surface area contributed by atoms with Crippen LogP contribution >= 0.6 is 0 Å². The lowest BCUT2D eigenvalue weighted by Gasteiger charge is -2.17. The first-order chi connectivity index (χ1) is 5.92. The van der Waals surface area contributed by atoms with Crippen molar-refractivity contribution in [1.82, 2.24) is 5.32 Å². The molecule has 1 heterocycles. The van der Waals surface area contributed by atoms with Gasteiger partial charge in [0.1, 0.15) is 11.9 Å². The minimum atomic E-state index is -0.141. The molecule has 1 aliphatic rings. The zero-order valence-corrected chi connectivity index (χ0v) is 8.85. The first-order valence-corrected chi connectivity index (χ1v) is 4.80. The van der Waals surface area contributed by atoms with E-state index in [4.69, 9.17) is 0 Å². The minimum absolute atomic E-state index is 0.0572. The maximum Gasteiger partial charge on any atom is 0.250 e. The van der Waals surface area contributed by atoms with Crippen LogP contribution < -0.4 is 5.32 Å². The molecule has 0 fully saturated rings. The van der Waals surface area contributed by atoms with Crippen LogP contribution in [0.4, 0.5) is 0 Å². The molecule has 0 aromatic carbocycles. The number of nitrogens with one attached hydrogen (secondary N) is 1. The summed E-state index contributed by atoms with van der Waals surface area (Å²) in [5.41, 5.74) is 0.189. The number of carbonyl (C=O) groups is 1. The molecule has 1 atom stereocenters. The number of amidine groups is 1. The third-order valence-corrected chi connectivity index (χ3v) is 1.97. The van der Waals surface area contributed by atoms with Gasteiger partial charge in [0, 0.05) is 6.42 Å². The maximum atomic E-state index is 11.3. The van der Waals surface area contributed by atoms with E-state index in [2.05, 4.69) is 31.1 Å². The van der Waals surface area contributed by atoms with E-state index in [1.165, 1.54) is 0 Å². The van der Waals surface area contributed by atoms with E-state index in [1.54, 1.807) is 0 Å². The van der Waals surface area contributed by atoms with Crippen molar-refractivity contribution >= 4 is 11.7 Å². The highest BCUT2D eigenvalue weighted by Gasteiger charge is 2.26. The molecule has 3 nitrogen and oxygen atoms in total. The molecule has 13 heavy (non-hydrogen) atoms. The molecule has 0 radical (unpaired) electrons. The van der Waals surface area contributed by atoms with Crippen LogP contribution in [0.5, 0.6) is 0 Å². The molecule has 0 aliphatic carbocycles. The van der Waals surface area contributed by atoms with Gasteiger partial charge in [-0.3, -0.25) is 9.79 Å². The molecule has 1 rings (SSSR count). The predicted octanol–water partition coefficient (Wildman–Crippen LogP) is 1.73. The van der Waals surface area contributed by atoms with Gasteiger partial charge in [0.25, 0.3) is 0 Å². The summed E-state index contributed by atoms with van der Waals surface area (Å²) in [6.45, 7) is 8.40. The molecule has 1 N–H and O–H groups in total. The molecule has 1 amide bonds. The van der Waals surface area contributed by atoms with Crippen molar-refractivity contribution in [2.24, 2.45) is 10.4 Å². The monoisotopic (exact) mass is 182 g/mol. The van der Waals surface area contributed by atoms with Gasteiger partial charge in [-0.25, -0.2) is 0 Å². The van der Waals surface area contributed by atoms with Gasteiger partial charge in [-0.1, -0.05) is 27.7 Å². The second kappa shape index (κ2) is 3.48. The minimum Gasteiger partial charge on any atom is -0.313 e. The average molecular weight is 182 g/mol. The second-order valence-electron chi connectivity index (χ2n) is 4.73. The SMILES string of the molecule is CCC1N=C(CC(C)(C)C)NC1=O. The number of carbonyl (C=O) groups excluding carboxylic acids is 1. The number of aliphatic imine (C=N–C) groups is 1. The number of nitrogens with zero attached hydrogens (tertiary/aromatic N) is 1. The Morgan fingerprint density at radius 1 is 1.46 bits per heavy atom. The summed E-state index contributed by atoms with van der Waals surface area (Å²) in [4.78, 5) is 15.6. The van der Waals surface area contributed by atoms with Crippen molar-refractivity contribution in [3.05, 3.63) is 0 Å². The van der Waals surface area contributed by atoms with Crippen LogP contribution in [-0.2, 0) is 4.79 Å². The van der Waals surface area contributed by atoms with Crippen molar-refractivity contribution in [2.45, 2.75) is 46.6 Å². The number of hydrogen-bond acceptors (Lipinski definition) is 2. The summed E-state index contributed by atoms with van der Waals surface area (Å²) in [6.07, 6.45) is 1.63. The summed E-state index contributed by atoms with van der Waals surface area (Å²) in [5, 5.41) is 2.82. The van der Waals surface area contributed by atoms with Crippen molar-refractivity contribution in [3.63, 3.8) is 0 Å². The zero-order valence-electron chi connectivity index (χ0n) is 8.85. The summed E-state index contributed by atoms with van der Waals surface area (Å²) >= 11 is 0. The van der Waals surface area contributed by atoms with Gasteiger partial charge in [0.2, 0.25) is 5.91 Å². The van der Waals surface area contributed by atoms with Gasteiger partial charge < -0.3 is 5.32 Å². The summed E-state index contributed by atoms with van der Waals surface area (Å²) in [5.74, 6) is 0.908. The molecule has 0 aromatic rings. The average Bonchev–Trinajstić information content (AvgIpc) is 2.26. The molecule has 3 heteroatoms. The van der Waals surface area contributed by atoms with E-state index in [1.807, 2.05) is 6.92 Å². The Hall–Kier alpha value is -0.860. The van der Waals surface area contributed by atoms with Crippen molar-refractivity contribution in [1.29, 1.82) is 0 Å². The molecule has 0 spiro atoms. The van der Waals surface area contributed by atoms with Crippen molar-refractivity contribution in [2.75, 3.05) is 0 Å². The topological polar surface area (TPSA) is 41.5 Å². The number of rotatable bonds is 2. The number of hydrogen-bond donors (Lipinski definition) is 1. The fourth-order valence-corrected chi connectivity index (χ4v) is 1.37. The number of amides is 1. The summed E-state index contributed by atoms with van der Waals surface area (Å²) in [7, 11) is 0. The van der Waals surface area contributed by atoms with Crippen LogP contribution in [0, 0.1) is 5.41 Å². The quantitative estimate of drug-likeness (QED) is 0.694. The fourth-order valence-electron chi connectivity index (χ4n) is 1.37. The standard InChI is InChI=1S/C10H18N2O/c1-5-7-9(13)12-8(11-7)6-10(2,3)4/h7H,5-6H2,1-4H3,(H,11,12,13). The Morgan fingerprint density at radius 3 is 2.46 bits per heavy atom. The van der Waals surface area contributed by atoms with E-state index in [-0.39, 0.29) is 17.4 Å². The van der Waals surface area contributed by atoms with E-state index < -0.39 is 0 Å². The van der Waals surface area contributed by atoms with Crippen LogP contribution in [0.3, 0.4) is 0 Å². The van der Waals surface area contributed by atoms with Gasteiger partial charge >= 0.3 is 0 Å². The predicted molar refractivity (Wildman–Crippen MR) is 53.7 cm³/mol. The Bertz CT molecular complexity index is 238. The van der Waals surface area contributed by atoms with Crippen LogP contribution in [0.25, 0.3) is 0 Å². The lowest BCUT2D eigenvalue weighted by molar-refractivity contribution is -0.120. The normalized spacial score (nSPS) is 22.9. The molecule has 1 unspecified atom stereocenters. The lowest BCUT2D eigenvalue weighted by Crippen LogP contribution is -2.30. The van der Waals surface area contributed by atoms with E-state index >= 15 is 0 Å². The molecule has 0 bridgehead atoms. The van der Waals surface area contributed by atoms with Gasteiger partial charge in [0.05, 0.1) is 0 Å². The van der Waals surface area contributed by atoms with Crippen LogP contribution in [0.1, 0.15) is 40.5 Å². The highest BCUT2D eigenvalue weighted by Crippen LogP contribution is 2.20. The van der Waals surface area contributed by atoms with Gasteiger partial charge in [-0.15, -0.1) is 0 Å². The Balaban J connectivity index is 2.60. The van der Waals surface area contributed by atoms with Crippen molar-refractivity contribution in [3.8, 4) is 0 Å². The Morgan fingerprint density at radius 2 is 2.08 bits per heavy atom. The molecular formula is C10H18N2O. The molecular weight excluding hydrogens is 164 g/mol. The first kappa shape index (κ1) is 10.2. The largest absolute Gasteiger partial charge is 0.313 e. The van der Waals surface area contributed by atoms with E-state index in [9.17, 15) is 4.79 Å². The van der Waals surface area contributed by atoms with Crippen LogP contribution in [-0.4, -0.2) is 17.8 Å². The first-order valence-electron chi connectivity index (χ1n) is 4.80. The van der Waals surface area contributed by atoms with Gasteiger partial charge in [-0.2, -0.15) is 0 Å². The molecule has 0 saturated carbocycles. The molecule has 1 aliphatic heterocycles. The van der Waals surface area contributed by atoms with Crippen LogP contribution in [0.2, 0.25) is 0 Å². The molecule has 74 valence electrons. The molecule has 0 aromatic heterocycles. The third kappa shape index (κ3) is 2.83. The maximum absolute atomic E-state index is 11.3. The lowest BCUT2D eigenvalue weighted by atomic mass is 9.92. The summed E-state index contributed by atoms with van der Waals surface area (Å²) in [6, 6.07) is -0.141. The van der Waals surface area contributed by atoms with Crippen molar-refractivity contribution < 1.29 is 4.79 Å². The second-order valence-corrected chi connectivity index (χ2v) is 4.73. The van der Waals surface area contributed by atoms with E-state index in [0.29, 0.717) is 0 Å². The third-order valence-electron chi connectivity index (χ3n) is 1.97. The molecule has 0 saturated heterocycles. The zero-order chi connectivity index (χ0) is 10.1. The van der Waals surface area contributed by atoms with Crippen LogP contribution in [0.15, 0.2) is 4.99 Å². The summed E-state index contributed by atoms with van der Waals surface area (Å²) < 4.78 is 0. The smallest absolute Gasteiger partial charge is 0.250 e. The Labute approximate surface area is 79.6 Å². The van der Waals surface area contributed by atoms with Gasteiger partial charge in [-0.05, 0) is 11.8 Å². The fraction of sp³-hybridized carbons (Fsp3) is 0.800. The Kier molecular flexibility index (Phi) is 2.74. The highest BCUT2D eigenvalue weighted by atomic mass is 16.2.